The van der Waals surface area contributed by atoms with Crippen LogP contribution < -0.4 is 15.2 Å². The van der Waals surface area contributed by atoms with Crippen LogP contribution in [0.1, 0.15) is 40.2 Å². The number of hydrogen-bond donors (Lipinski definition) is 1. The number of benzene rings is 2. The number of nitriles is 1. The van der Waals surface area contributed by atoms with E-state index in [1.54, 1.807) is 61.3 Å². The fourth-order valence-electron chi connectivity index (χ4n) is 6.96. The Bertz CT molecular complexity index is 2860. The highest BCUT2D eigenvalue weighted by Crippen LogP contribution is 2.37. The lowest BCUT2D eigenvalue weighted by atomic mass is 10.00. The van der Waals surface area contributed by atoms with Crippen LogP contribution in [0.25, 0.3) is 32.2 Å². The molecule has 0 spiro atoms. The van der Waals surface area contributed by atoms with E-state index in [9.17, 15) is 36.4 Å². The van der Waals surface area contributed by atoms with Gasteiger partial charge in [0.05, 0.1) is 50.9 Å². The number of nitrogens with one attached hydrogen (secondary N) is 1. The monoisotopic (exact) mass is 844 g/mol. The molecule has 4 aromatic heterocycles. The van der Waals surface area contributed by atoms with E-state index in [0.29, 0.717) is 45.1 Å². The first-order chi connectivity index (χ1) is 27.6. The number of thiophene rings is 1. The van der Waals surface area contributed by atoms with Crippen LogP contribution in [0.4, 0.5) is 19.0 Å². The largest absolute Gasteiger partial charge is 0.401 e. The van der Waals surface area contributed by atoms with Gasteiger partial charge in [0.15, 0.2) is 0 Å². The van der Waals surface area contributed by atoms with Gasteiger partial charge in [-0.2, -0.15) is 18.4 Å². The quantitative estimate of drug-likeness (QED) is 0.167. The Balaban J connectivity index is 1.17. The molecule has 0 bridgehead atoms. The van der Waals surface area contributed by atoms with Crippen LogP contribution in [0.2, 0.25) is 5.02 Å². The number of piperidine rings is 1. The van der Waals surface area contributed by atoms with E-state index >= 15 is 0 Å². The summed E-state index contributed by atoms with van der Waals surface area (Å²) in [7, 11) is -2.42. The Morgan fingerprint density at radius 1 is 1.10 bits per heavy atom. The predicted octanol–water partition coefficient (Wildman–Crippen LogP) is 6.54. The SMILES string of the molecule is Cc1nc2cnc(N(C)C3CCN(CC(F)(F)F)CC3)c(C#N)c2c(=O)n1CC#Cc1ccc(Cl)cc1-c1ccnc2c(C(=O)NS(=O)(=O)c3ccccc3)csc12. The van der Waals surface area contributed by atoms with Gasteiger partial charge >= 0.3 is 6.18 Å². The zero-order valence-electron chi connectivity index (χ0n) is 30.8. The van der Waals surface area contributed by atoms with Crippen LogP contribution in [0.3, 0.4) is 0 Å². The van der Waals surface area contributed by atoms with Gasteiger partial charge in [0.25, 0.3) is 21.5 Å². The van der Waals surface area contributed by atoms with E-state index in [4.69, 9.17) is 11.6 Å². The summed E-state index contributed by atoms with van der Waals surface area (Å²) in [6.07, 6.45) is -0.534. The number of sulfonamides is 1. The molecule has 0 atom stereocenters. The molecule has 0 unspecified atom stereocenters. The molecule has 18 heteroatoms. The molecule has 0 saturated carbocycles. The van der Waals surface area contributed by atoms with E-state index in [1.807, 2.05) is 0 Å². The Hall–Kier alpha value is -5.85. The predicted molar refractivity (Wildman–Crippen MR) is 215 cm³/mol. The number of aryl methyl sites for hydroxylation is 1. The first-order valence-electron chi connectivity index (χ1n) is 17.7. The Labute approximate surface area is 339 Å². The van der Waals surface area contributed by atoms with Crippen molar-refractivity contribution in [2.24, 2.45) is 0 Å². The molecule has 58 heavy (non-hydrogen) atoms. The van der Waals surface area contributed by atoms with Gasteiger partial charge in [0, 0.05) is 59.5 Å². The minimum absolute atomic E-state index is 0.0142. The van der Waals surface area contributed by atoms with E-state index < -0.39 is 34.2 Å². The number of alkyl halides is 3. The maximum atomic E-state index is 14.1. The summed E-state index contributed by atoms with van der Waals surface area (Å²) in [6.45, 7) is 1.01. The zero-order valence-corrected chi connectivity index (χ0v) is 33.2. The van der Waals surface area contributed by atoms with E-state index in [-0.39, 0.29) is 63.9 Å². The van der Waals surface area contributed by atoms with Crippen LogP contribution in [0, 0.1) is 30.1 Å². The number of carbonyl (C=O) groups excluding carboxylic acids is 1. The molecule has 1 aliphatic heterocycles. The van der Waals surface area contributed by atoms with Crippen LogP contribution in [0.15, 0.2) is 82.1 Å². The number of carbonyl (C=O) groups is 1. The standard InChI is InChI=1S/C40H32ClF3N8O4S2/c1-24-48-33-21-47-37(50(2)27-13-17-51(18-14-27)23-40(42,43)44)31(20-45)34(33)39(54)52(24)16-6-7-25-10-11-26(41)19-30(25)29-12-15-46-35-32(22-57-36(29)35)38(53)49-58(55,56)28-8-4-3-5-9-28/h3-5,8-12,15,19,21-22,27H,13-14,16-18,23H2,1-2H3,(H,49,53). The molecule has 12 nitrogen and oxygen atoms in total. The number of nitrogens with zero attached hydrogens (tertiary/aromatic N) is 7. The zero-order chi connectivity index (χ0) is 41.4. The summed E-state index contributed by atoms with van der Waals surface area (Å²) in [4.78, 5) is 43.7. The molecular weight excluding hydrogens is 813 g/mol. The lowest BCUT2D eigenvalue weighted by molar-refractivity contribution is -0.147. The molecule has 1 aliphatic rings. The maximum Gasteiger partial charge on any atom is 0.401 e. The summed E-state index contributed by atoms with van der Waals surface area (Å²) in [5.74, 6) is 5.91. The van der Waals surface area contributed by atoms with Crippen LogP contribution >= 0.6 is 22.9 Å². The van der Waals surface area contributed by atoms with Crippen molar-refractivity contribution < 1.29 is 26.4 Å². The molecule has 0 radical (unpaired) electrons. The van der Waals surface area contributed by atoms with Gasteiger partial charge in [-0.05, 0) is 56.2 Å². The third kappa shape index (κ3) is 8.25. The van der Waals surface area contributed by atoms with Crippen LogP contribution in [-0.4, -0.2) is 77.6 Å². The number of halogens is 4. The summed E-state index contributed by atoms with van der Waals surface area (Å²) in [5, 5.41) is 12.3. The summed E-state index contributed by atoms with van der Waals surface area (Å²) < 4.78 is 68.7. The minimum atomic E-state index is -4.29. The van der Waals surface area contributed by atoms with Gasteiger partial charge in [0.2, 0.25) is 0 Å². The molecule has 0 aliphatic carbocycles. The first-order valence-corrected chi connectivity index (χ1v) is 20.5. The summed E-state index contributed by atoms with van der Waals surface area (Å²) in [6, 6.07) is 16.3. The van der Waals surface area contributed by atoms with Gasteiger partial charge in [-0.15, -0.1) is 11.3 Å². The summed E-state index contributed by atoms with van der Waals surface area (Å²) >= 11 is 7.65. The number of likely N-dealkylation sites (tertiary alicyclic amines) is 1. The molecule has 1 saturated heterocycles. The second-order valence-corrected chi connectivity index (χ2v) is 16.5. The molecule has 296 valence electrons. The van der Waals surface area contributed by atoms with E-state index in [2.05, 4.69) is 37.6 Å². The lowest BCUT2D eigenvalue weighted by Crippen LogP contribution is -2.46. The minimum Gasteiger partial charge on any atom is -0.355 e. The average molecular weight is 845 g/mol. The van der Waals surface area contributed by atoms with Crippen molar-refractivity contribution in [3.8, 4) is 29.0 Å². The molecule has 1 amide bonds. The van der Waals surface area contributed by atoms with E-state index in [1.165, 1.54) is 50.7 Å². The van der Waals surface area contributed by atoms with Crippen molar-refractivity contribution in [3.05, 3.63) is 110 Å². The average Bonchev–Trinajstić information content (AvgIpc) is 3.64. The Morgan fingerprint density at radius 3 is 2.55 bits per heavy atom. The van der Waals surface area contributed by atoms with Crippen molar-refractivity contribution in [3.63, 3.8) is 0 Å². The fourth-order valence-corrected chi connectivity index (χ4v) is 9.16. The molecule has 1 fully saturated rings. The highest BCUT2D eigenvalue weighted by Gasteiger charge is 2.34. The fraction of sp³-hybridized carbons (Fsp3) is 0.250. The molecule has 7 rings (SSSR count). The number of aromatic nitrogens is 4. The van der Waals surface area contributed by atoms with Crippen molar-refractivity contribution in [2.45, 2.75) is 43.4 Å². The second kappa shape index (κ2) is 16.2. The molecule has 2 aromatic carbocycles. The summed E-state index contributed by atoms with van der Waals surface area (Å²) in [5.41, 5.74) is 1.87. The van der Waals surface area contributed by atoms with Crippen LogP contribution in [-0.2, 0) is 16.6 Å². The third-order valence-electron chi connectivity index (χ3n) is 9.84. The van der Waals surface area contributed by atoms with Gasteiger partial charge < -0.3 is 4.90 Å². The lowest BCUT2D eigenvalue weighted by Gasteiger charge is -2.37. The van der Waals surface area contributed by atoms with Crippen LogP contribution in [0.5, 0.6) is 0 Å². The van der Waals surface area contributed by atoms with Crippen molar-refractivity contribution in [2.75, 3.05) is 31.6 Å². The Kier molecular flexibility index (Phi) is 11.3. The topological polar surface area (TPSA) is 154 Å². The Morgan fingerprint density at radius 2 is 1.84 bits per heavy atom. The molecule has 1 N–H and O–H groups in total. The number of fused-ring (bicyclic) bond motifs is 2. The van der Waals surface area contributed by atoms with Crippen molar-refractivity contribution in [1.29, 1.82) is 5.26 Å². The highest BCUT2D eigenvalue weighted by atomic mass is 35.5. The number of hydrogen-bond acceptors (Lipinski definition) is 11. The number of rotatable bonds is 8. The van der Waals surface area contributed by atoms with Gasteiger partial charge in [-0.25, -0.2) is 23.1 Å². The number of amides is 1. The molecule has 5 heterocycles. The van der Waals surface area contributed by atoms with Crippen molar-refractivity contribution >= 4 is 65.8 Å². The van der Waals surface area contributed by atoms with E-state index in [0.717, 1.165) is 0 Å². The maximum absolute atomic E-state index is 14.1. The second-order valence-electron chi connectivity index (χ2n) is 13.5. The van der Waals surface area contributed by atoms with Crippen molar-refractivity contribution in [1.82, 2.24) is 29.1 Å². The highest BCUT2D eigenvalue weighted by molar-refractivity contribution is 7.90. The van der Waals surface area contributed by atoms with Gasteiger partial charge in [-0.1, -0.05) is 41.6 Å². The third-order valence-corrected chi connectivity index (χ3v) is 12.4. The first kappa shape index (κ1) is 40.4. The number of pyridine rings is 2. The van der Waals surface area contributed by atoms with Gasteiger partial charge in [-0.3, -0.25) is 24.0 Å². The smallest absolute Gasteiger partial charge is 0.355 e. The van der Waals surface area contributed by atoms with Gasteiger partial charge in [0.1, 0.15) is 23.3 Å². The molecular formula is C40H32ClF3N8O4S2. The molecule has 6 aromatic rings. The number of anilines is 1. The normalized spacial score (nSPS) is 13.9.